The minimum absolute atomic E-state index is 0.132. The first-order chi connectivity index (χ1) is 6.72. The molecule has 1 atom stereocenters. The van der Waals surface area contributed by atoms with Crippen molar-refractivity contribution in [3.05, 3.63) is 42.2 Å². The predicted octanol–water partition coefficient (Wildman–Crippen LogP) is 2.06. The number of nitrogens with one attached hydrogen (secondary N) is 1. The number of hydrogen-bond acceptors (Lipinski definition) is 2. The van der Waals surface area contributed by atoms with Crippen LogP contribution in [0.2, 0.25) is 0 Å². The number of aromatic nitrogens is 2. The Morgan fingerprint density at radius 1 is 1.64 bits per heavy atom. The topological polar surface area (TPSA) is 54.7 Å². The second-order valence-corrected chi connectivity index (χ2v) is 3.41. The van der Waals surface area contributed by atoms with E-state index in [2.05, 4.69) is 22.6 Å². The third kappa shape index (κ3) is 1.32. The molecule has 0 aliphatic carbocycles. The summed E-state index contributed by atoms with van der Waals surface area (Å²) in [5.74, 6) is 0. The molecule has 0 aliphatic heterocycles. The second kappa shape index (κ2) is 3.27. The summed E-state index contributed by atoms with van der Waals surface area (Å²) in [5.41, 5.74) is 8.95. The molecule has 0 fully saturated rings. The normalized spacial score (nSPS) is 13.0. The number of fused-ring (bicyclic) bond motifs is 1. The Morgan fingerprint density at radius 3 is 3.14 bits per heavy atom. The van der Waals surface area contributed by atoms with Gasteiger partial charge in [0.15, 0.2) is 0 Å². The van der Waals surface area contributed by atoms with Gasteiger partial charge in [-0.3, -0.25) is 0 Å². The molecule has 14 heavy (non-hydrogen) atoms. The van der Waals surface area contributed by atoms with Gasteiger partial charge < -0.3 is 10.7 Å². The van der Waals surface area contributed by atoms with Gasteiger partial charge in [0.1, 0.15) is 5.65 Å². The highest BCUT2D eigenvalue weighted by Crippen LogP contribution is 2.22. The summed E-state index contributed by atoms with van der Waals surface area (Å²) >= 11 is 0. The Labute approximate surface area is 82.7 Å². The van der Waals surface area contributed by atoms with Gasteiger partial charge in [-0.2, -0.15) is 0 Å². The van der Waals surface area contributed by atoms with Crippen LogP contribution in [-0.4, -0.2) is 9.97 Å². The van der Waals surface area contributed by atoms with Crippen molar-refractivity contribution in [3.8, 4) is 0 Å². The smallest absolute Gasteiger partial charge is 0.137 e. The molecule has 0 spiro atoms. The van der Waals surface area contributed by atoms with E-state index in [9.17, 15) is 0 Å². The number of pyridine rings is 1. The largest absolute Gasteiger partial charge is 0.346 e. The summed E-state index contributed by atoms with van der Waals surface area (Å²) in [5, 5.41) is 1.08. The summed E-state index contributed by atoms with van der Waals surface area (Å²) in [6, 6.07) is 1.95. The standard InChI is InChI=1S/C11H13N3/c1-3-10(12)9-6-14-11-8(9)4-7(2)5-13-11/h3-6,10H,1,12H2,2H3,(H,13,14)/t10-/m0/s1. The van der Waals surface area contributed by atoms with E-state index in [1.54, 1.807) is 6.08 Å². The Hall–Kier alpha value is -1.61. The van der Waals surface area contributed by atoms with Crippen molar-refractivity contribution in [1.29, 1.82) is 0 Å². The molecule has 3 N–H and O–H groups in total. The molecule has 72 valence electrons. The van der Waals surface area contributed by atoms with E-state index >= 15 is 0 Å². The maximum absolute atomic E-state index is 5.89. The van der Waals surface area contributed by atoms with E-state index in [1.807, 2.05) is 19.3 Å². The van der Waals surface area contributed by atoms with E-state index < -0.39 is 0 Å². The third-order valence-electron chi connectivity index (χ3n) is 2.31. The monoisotopic (exact) mass is 187 g/mol. The van der Waals surface area contributed by atoms with Crippen LogP contribution in [0, 0.1) is 6.92 Å². The van der Waals surface area contributed by atoms with Gasteiger partial charge in [-0.05, 0) is 24.1 Å². The predicted molar refractivity (Wildman–Crippen MR) is 58.0 cm³/mol. The van der Waals surface area contributed by atoms with Crippen LogP contribution in [0.15, 0.2) is 31.1 Å². The molecule has 0 saturated heterocycles. The zero-order valence-corrected chi connectivity index (χ0v) is 8.12. The van der Waals surface area contributed by atoms with Crippen LogP contribution in [0.3, 0.4) is 0 Å². The van der Waals surface area contributed by atoms with E-state index in [0.717, 1.165) is 22.2 Å². The summed E-state index contributed by atoms with van der Waals surface area (Å²) in [7, 11) is 0. The van der Waals surface area contributed by atoms with Crippen LogP contribution in [-0.2, 0) is 0 Å². The van der Waals surface area contributed by atoms with Crippen molar-refractivity contribution in [1.82, 2.24) is 9.97 Å². The maximum atomic E-state index is 5.89. The molecular formula is C11H13N3. The van der Waals surface area contributed by atoms with Gasteiger partial charge in [-0.25, -0.2) is 4.98 Å². The quantitative estimate of drug-likeness (QED) is 0.707. The molecule has 3 heteroatoms. The first-order valence-electron chi connectivity index (χ1n) is 4.54. The number of hydrogen-bond donors (Lipinski definition) is 2. The van der Waals surface area contributed by atoms with Gasteiger partial charge in [0.05, 0.1) is 0 Å². The molecule has 0 unspecified atom stereocenters. The fourth-order valence-corrected chi connectivity index (χ4v) is 1.53. The summed E-state index contributed by atoms with van der Waals surface area (Å²) in [6.07, 6.45) is 5.45. The van der Waals surface area contributed by atoms with Crippen LogP contribution in [0.1, 0.15) is 17.2 Å². The van der Waals surface area contributed by atoms with Crippen molar-refractivity contribution in [2.75, 3.05) is 0 Å². The van der Waals surface area contributed by atoms with Gasteiger partial charge in [0, 0.05) is 23.8 Å². The zero-order chi connectivity index (χ0) is 10.1. The third-order valence-corrected chi connectivity index (χ3v) is 2.31. The number of aryl methyl sites for hydroxylation is 1. The Morgan fingerprint density at radius 2 is 2.43 bits per heavy atom. The van der Waals surface area contributed by atoms with Crippen LogP contribution in [0.5, 0.6) is 0 Å². The molecular weight excluding hydrogens is 174 g/mol. The maximum Gasteiger partial charge on any atom is 0.137 e. The number of rotatable bonds is 2. The van der Waals surface area contributed by atoms with E-state index in [1.165, 1.54) is 0 Å². The molecule has 2 aromatic heterocycles. The molecule has 0 aliphatic rings. The Kier molecular flexibility index (Phi) is 2.09. The lowest BCUT2D eigenvalue weighted by atomic mass is 10.1. The second-order valence-electron chi connectivity index (χ2n) is 3.41. The first kappa shape index (κ1) is 8.97. The number of nitrogens with two attached hydrogens (primary N) is 1. The van der Waals surface area contributed by atoms with Crippen molar-refractivity contribution in [3.63, 3.8) is 0 Å². The molecule has 0 radical (unpaired) electrons. The van der Waals surface area contributed by atoms with Gasteiger partial charge >= 0.3 is 0 Å². The zero-order valence-electron chi connectivity index (χ0n) is 8.12. The van der Waals surface area contributed by atoms with Gasteiger partial charge in [-0.15, -0.1) is 6.58 Å². The Bertz CT molecular complexity index is 470. The molecule has 2 rings (SSSR count). The summed E-state index contributed by atoms with van der Waals surface area (Å²) in [4.78, 5) is 7.36. The van der Waals surface area contributed by atoms with Crippen molar-refractivity contribution in [2.45, 2.75) is 13.0 Å². The van der Waals surface area contributed by atoms with Crippen molar-refractivity contribution in [2.24, 2.45) is 5.73 Å². The van der Waals surface area contributed by atoms with E-state index in [4.69, 9.17) is 5.73 Å². The number of aromatic amines is 1. The highest BCUT2D eigenvalue weighted by Gasteiger charge is 2.08. The lowest BCUT2D eigenvalue weighted by Crippen LogP contribution is -2.05. The summed E-state index contributed by atoms with van der Waals surface area (Å²) in [6.45, 7) is 5.70. The minimum Gasteiger partial charge on any atom is -0.346 e. The van der Waals surface area contributed by atoms with Crippen molar-refractivity contribution >= 4 is 11.0 Å². The average Bonchev–Trinajstić information content (AvgIpc) is 2.59. The number of H-pyrrole nitrogens is 1. The van der Waals surface area contributed by atoms with Gasteiger partial charge in [-0.1, -0.05) is 6.08 Å². The SMILES string of the molecule is C=C[C@H](N)c1c[nH]c2ncc(C)cc12. The van der Waals surface area contributed by atoms with Gasteiger partial charge in [0.25, 0.3) is 0 Å². The highest BCUT2D eigenvalue weighted by atomic mass is 14.8. The van der Waals surface area contributed by atoms with Crippen molar-refractivity contribution < 1.29 is 0 Å². The summed E-state index contributed by atoms with van der Waals surface area (Å²) < 4.78 is 0. The first-order valence-corrected chi connectivity index (χ1v) is 4.54. The van der Waals surface area contributed by atoms with Crippen LogP contribution in [0.4, 0.5) is 0 Å². The van der Waals surface area contributed by atoms with Crippen LogP contribution < -0.4 is 5.73 Å². The highest BCUT2D eigenvalue weighted by molar-refractivity contribution is 5.81. The van der Waals surface area contributed by atoms with Crippen LogP contribution >= 0.6 is 0 Å². The molecule has 0 bridgehead atoms. The fourth-order valence-electron chi connectivity index (χ4n) is 1.53. The minimum atomic E-state index is -0.132. The lowest BCUT2D eigenvalue weighted by molar-refractivity contribution is 0.924. The molecule has 0 aromatic carbocycles. The van der Waals surface area contributed by atoms with Crippen LogP contribution in [0.25, 0.3) is 11.0 Å². The molecule has 2 aromatic rings. The molecule has 0 amide bonds. The fraction of sp³-hybridized carbons (Fsp3) is 0.182. The lowest BCUT2D eigenvalue weighted by Gasteiger charge is -2.03. The van der Waals surface area contributed by atoms with E-state index in [-0.39, 0.29) is 6.04 Å². The molecule has 3 nitrogen and oxygen atoms in total. The van der Waals surface area contributed by atoms with Gasteiger partial charge in [0.2, 0.25) is 0 Å². The van der Waals surface area contributed by atoms with E-state index in [0.29, 0.717) is 0 Å². The Balaban J connectivity index is 2.66. The molecule has 0 saturated carbocycles. The molecule has 2 heterocycles. The average molecular weight is 187 g/mol. The number of nitrogens with zero attached hydrogens (tertiary/aromatic N) is 1.